The van der Waals surface area contributed by atoms with Crippen molar-refractivity contribution in [1.29, 1.82) is 0 Å². The largest absolute Gasteiger partial charge is 0.507 e. The average Bonchev–Trinajstić information content (AvgIpc) is 2.90. The third-order valence-corrected chi connectivity index (χ3v) is 7.59. The number of aromatic hydroxyl groups is 1. The predicted molar refractivity (Wildman–Crippen MR) is 139 cm³/mol. The van der Waals surface area contributed by atoms with Crippen LogP contribution in [0.4, 0.5) is 5.69 Å². The molecule has 0 atom stereocenters. The molecule has 6 nitrogen and oxygen atoms in total. The molecule has 0 unspecified atom stereocenters. The smallest absolute Gasteiger partial charge is 0.343 e. The van der Waals surface area contributed by atoms with Gasteiger partial charge in [-0.3, -0.25) is 9.80 Å². The van der Waals surface area contributed by atoms with Gasteiger partial charge in [-0.2, -0.15) is 0 Å². The van der Waals surface area contributed by atoms with Crippen molar-refractivity contribution in [3.8, 4) is 5.75 Å². The van der Waals surface area contributed by atoms with Crippen LogP contribution in [0, 0.1) is 0 Å². The second-order valence-electron chi connectivity index (χ2n) is 9.58. The van der Waals surface area contributed by atoms with Gasteiger partial charge in [-0.15, -0.1) is 0 Å². The molecule has 35 heavy (non-hydrogen) atoms. The van der Waals surface area contributed by atoms with E-state index in [9.17, 15) is 9.90 Å². The molecule has 0 radical (unpaired) electrons. The Bertz CT molecular complexity index is 1170. The lowest BCUT2D eigenvalue weighted by atomic mass is 9.89. The van der Waals surface area contributed by atoms with Gasteiger partial charge in [0.05, 0.1) is 5.56 Å². The Morgan fingerprint density at radius 2 is 1.51 bits per heavy atom. The van der Waals surface area contributed by atoms with Crippen LogP contribution in [0.15, 0.2) is 70.1 Å². The number of likely N-dealkylation sites (tertiary alicyclic amines) is 1. The minimum atomic E-state index is -0.441. The van der Waals surface area contributed by atoms with E-state index in [2.05, 4.69) is 39.0 Å². The number of piperidine rings is 1. The molecule has 0 spiro atoms. The van der Waals surface area contributed by atoms with E-state index >= 15 is 0 Å². The highest BCUT2D eigenvalue weighted by molar-refractivity contribution is 6.30. The molecule has 2 saturated heterocycles. The summed E-state index contributed by atoms with van der Waals surface area (Å²) in [5.74, 6) is 0.641. The van der Waals surface area contributed by atoms with Crippen LogP contribution >= 0.6 is 11.6 Å². The summed E-state index contributed by atoms with van der Waals surface area (Å²) in [5, 5.41) is 11.7. The van der Waals surface area contributed by atoms with Crippen LogP contribution in [-0.4, -0.2) is 54.2 Å². The van der Waals surface area contributed by atoms with E-state index < -0.39 is 5.63 Å². The zero-order valence-corrected chi connectivity index (χ0v) is 20.7. The summed E-state index contributed by atoms with van der Waals surface area (Å²) < 4.78 is 5.35. The van der Waals surface area contributed by atoms with Crippen molar-refractivity contribution in [1.82, 2.24) is 9.80 Å². The number of halogens is 1. The van der Waals surface area contributed by atoms with Gasteiger partial charge in [-0.05, 0) is 61.7 Å². The van der Waals surface area contributed by atoms with Crippen LogP contribution in [0.3, 0.4) is 0 Å². The first-order valence-corrected chi connectivity index (χ1v) is 12.8. The summed E-state index contributed by atoms with van der Waals surface area (Å²) in [7, 11) is 0. The molecule has 3 aromatic rings. The van der Waals surface area contributed by atoms with Crippen molar-refractivity contribution in [3.05, 3.63) is 93.0 Å². The Morgan fingerprint density at radius 3 is 2.20 bits per heavy atom. The zero-order chi connectivity index (χ0) is 24.2. The predicted octanol–water partition coefficient (Wildman–Crippen LogP) is 4.70. The number of anilines is 1. The second kappa shape index (κ2) is 10.9. The third kappa shape index (κ3) is 5.72. The maximum absolute atomic E-state index is 12.5. The molecule has 3 heterocycles. The topological polar surface area (TPSA) is 60.2 Å². The molecule has 2 aliphatic heterocycles. The molecule has 7 heteroatoms. The lowest BCUT2D eigenvalue weighted by molar-refractivity contribution is 0.198. The van der Waals surface area contributed by atoms with Gasteiger partial charge in [-0.1, -0.05) is 41.9 Å². The molecule has 5 rings (SSSR count). The lowest BCUT2D eigenvalue weighted by Gasteiger charge is -2.36. The molecule has 0 amide bonds. The number of hydrogen-bond donors (Lipinski definition) is 1. The maximum atomic E-state index is 12.5. The maximum Gasteiger partial charge on any atom is 0.343 e. The summed E-state index contributed by atoms with van der Waals surface area (Å²) in [4.78, 5) is 19.4. The van der Waals surface area contributed by atoms with Gasteiger partial charge >= 0.3 is 5.63 Å². The number of nitrogens with zero attached hydrogens (tertiary/aromatic N) is 3. The fourth-order valence-electron chi connectivity index (χ4n) is 5.22. The van der Waals surface area contributed by atoms with Crippen molar-refractivity contribution in [3.63, 3.8) is 0 Å². The summed E-state index contributed by atoms with van der Waals surface area (Å²) in [6, 6.07) is 18.5. The van der Waals surface area contributed by atoms with Gasteiger partial charge in [0.2, 0.25) is 0 Å². The standard InChI is InChI=1S/C28H32ClN3O3/c29-24-6-8-25(9-7-24)32-16-14-31(15-17-32)18-23-20-35-28(34)26(27(23)33)19-30-12-10-22(11-13-30)21-4-2-1-3-5-21/h1-9,20,22,33H,10-19H2. The number of piperazine rings is 1. The van der Waals surface area contributed by atoms with Crippen LogP contribution in [0.1, 0.15) is 35.4 Å². The Labute approximate surface area is 211 Å². The summed E-state index contributed by atoms with van der Waals surface area (Å²) in [6.45, 7) is 6.30. The van der Waals surface area contributed by atoms with Crippen molar-refractivity contribution in [2.75, 3.05) is 44.2 Å². The molecule has 0 bridgehead atoms. The Balaban J connectivity index is 1.18. The zero-order valence-electron chi connectivity index (χ0n) is 19.9. The van der Waals surface area contributed by atoms with Crippen LogP contribution in [0.25, 0.3) is 0 Å². The molecule has 0 saturated carbocycles. The molecule has 2 aromatic carbocycles. The van der Waals surface area contributed by atoms with Gasteiger partial charge in [0.25, 0.3) is 0 Å². The number of rotatable bonds is 6. The first-order valence-electron chi connectivity index (χ1n) is 12.4. The molecule has 1 N–H and O–H groups in total. The molecule has 1 aromatic heterocycles. The van der Waals surface area contributed by atoms with Gasteiger partial charge in [0.15, 0.2) is 0 Å². The van der Waals surface area contributed by atoms with E-state index in [0.29, 0.717) is 30.1 Å². The third-order valence-electron chi connectivity index (χ3n) is 7.34. The summed E-state index contributed by atoms with van der Waals surface area (Å²) in [5.41, 5.74) is 3.16. The minimum absolute atomic E-state index is 0.0894. The van der Waals surface area contributed by atoms with E-state index in [1.807, 2.05) is 30.3 Å². The van der Waals surface area contributed by atoms with Gasteiger partial charge < -0.3 is 14.4 Å². The average molecular weight is 494 g/mol. The highest BCUT2D eigenvalue weighted by Gasteiger charge is 2.25. The summed E-state index contributed by atoms with van der Waals surface area (Å²) >= 11 is 6.01. The monoisotopic (exact) mass is 493 g/mol. The normalized spacial score (nSPS) is 18.1. The van der Waals surface area contributed by atoms with Crippen LogP contribution in [-0.2, 0) is 13.1 Å². The van der Waals surface area contributed by atoms with Crippen molar-refractivity contribution in [2.45, 2.75) is 31.8 Å². The molecule has 2 fully saturated rings. The van der Waals surface area contributed by atoms with E-state index in [1.54, 1.807) is 0 Å². The Kier molecular flexibility index (Phi) is 7.42. The Morgan fingerprint density at radius 1 is 0.857 bits per heavy atom. The van der Waals surface area contributed by atoms with E-state index in [-0.39, 0.29) is 5.75 Å². The highest BCUT2D eigenvalue weighted by atomic mass is 35.5. The fraction of sp³-hybridized carbons (Fsp3) is 0.393. The van der Waals surface area contributed by atoms with Gasteiger partial charge in [-0.25, -0.2) is 4.79 Å². The van der Waals surface area contributed by atoms with E-state index in [4.69, 9.17) is 16.0 Å². The highest BCUT2D eigenvalue weighted by Crippen LogP contribution is 2.30. The van der Waals surface area contributed by atoms with Crippen LogP contribution in [0.5, 0.6) is 5.75 Å². The van der Waals surface area contributed by atoms with Crippen molar-refractivity contribution in [2.24, 2.45) is 0 Å². The molecular formula is C28H32ClN3O3. The molecule has 2 aliphatic rings. The minimum Gasteiger partial charge on any atom is -0.507 e. The van der Waals surface area contributed by atoms with E-state index in [0.717, 1.165) is 57.1 Å². The van der Waals surface area contributed by atoms with Gasteiger partial charge in [0, 0.05) is 55.5 Å². The lowest BCUT2D eigenvalue weighted by Crippen LogP contribution is -2.46. The Hall–Kier alpha value is -2.80. The van der Waals surface area contributed by atoms with Crippen LogP contribution in [0.2, 0.25) is 5.02 Å². The molecule has 0 aliphatic carbocycles. The number of hydrogen-bond acceptors (Lipinski definition) is 6. The summed E-state index contributed by atoms with van der Waals surface area (Å²) in [6.07, 6.45) is 3.52. The van der Waals surface area contributed by atoms with Crippen LogP contribution < -0.4 is 10.5 Å². The quantitative estimate of drug-likeness (QED) is 0.537. The van der Waals surface area contributed by atoms with Gasteiger partial charge in [0.1, 0.15) is 12.0 Å². The van der Waals surface area contributed by atoms with E-state index in [1.165, 1.54) is 17.5 Å². The molecule has 184 valence electrons. The van der Waals surface area contributed by atoms with Crippen molar-refractivity contribution < 1.29 is 9.52 Å². The number of benzene rings is 2. The SMILES string of the molecule is O=c1occ(CN2CCN(c3ccc(Cl)cc3)CC2)c(O)c1CN1CCC(c2ccccc2)CC1. The first kappa shape index (κ1) is 23.9. The first-order chi connectivity index (χ1) is 17.1. The molecular weight excluding hydrogens is 462 g/mol. The fourth-order valence-corrected chi connectivity index (χ4v) is 5.35. The second-order valence-corrected chi connectivity index (χ2v) is 10.0. The van der Waals surface area contributed by atoms with Crippen molar-refractivity contribution >= 4 is 17.3 Å².